The van der Waals surface area contributed by atoms with Crippen molar-refractivity contribution in [1.82, 2.24) is 15.3 Å². The number of urea groups is 1. The molecule has 0 aliphatic carbocycles. The second kappa shape index (κ2) is 8.80. The van der Waals surface area contributed by atoms with Crippen molar-refractivity contribution in [1.29, 1.82) is 0 Å². The highest BCUT2D eigenvalue weighted by atomic mass is 16.2. The summed E-state index contributed by atoms with van der Waals surface area (Å²) in [5, 5.41) is 5.92. The quantitative estimate of drug-likeness (QED) is 0.509. The van der Waals surface area contributed by atoms with Gasteiger partial charge in [0.2, 0.25) is 0 Å². The molecule has 0 fully saturated rings. The lowest BCUT2D eigenvalue weighted by atomic mass is 9.99. The number of nitrogens with one attached hydrogen (secondary N) is 2. The second-order valence-corrected chi connectivity index (χ2v) is 6.52. The van der Waals surface area contributed by atoms with Gasteiger partial charge < -0.3 is 10.6 Å². The Balaban J connectivity index is 1.48. The van der Waals surface area contributed by atoms with E-state index >= 15 is 0 Å². The van der Waals surface area contributed by atoms with Crippen molar-refractivity contribution < 1.29 is 4.79 Å². The van der Waals surface area contributed by atoms with Gasteiger partial charge in [-0.25, -0.2) is 4.79 Å². The predicted molar refractivity (Wildman–Crippen MR) is 114 cm³/mol. The maximum Gasteiger partial charge on any atom is 0.320 e. The van der Waals surface area contributed by atoms with E-state index in [-0.39, 0.29) is 12.1 Å². The van der Waals surface area contributed by atoms with E-state index in [1.54, 1.807) is 18.6 Å². The summed E-state index contributed by atoms with van der Waals surface area (Å²) in [7, 11) is 0. The molecule has 5 heteroatoms. The van der Waals surface area contributed by atoms with Crippen LogP contribution in [0.15, 0.2) is 104 Å². The van der Waals surface area contributed by atoms with Gasteiger partial charge in [-0.2, -0.15) is 0 Å². The number of amides is 2. The van der Waals surface area contributed by atoms with Crippen LogP contribution in [0.3, 0.4) is 0 Å². The van der Waals surface area contributed by atoms with E-state index in [0.29, 0.717) is 5.69 Å². The largest absolute Gasteiger partial charge is 0.327 e. The van der Waals surface area contributed by atoms with E-state index in [1.165, 1.54) is 0 Å². The van der Waals surface area contributed by atoms with Gasteiger partial charge in [0.15, 0.2) is 0 Å². The molecule has 2 aromatic carbocycles. The average molecular weight is 380 g/mol. The van der Waals surface area contributed by atoms with Gasteiger partial charge in [-0.3, -0.25) is 9.97 Å². The van der Waals surface area contributed by atoms with Crippen LogP contribution in [0.2, 0.25) is 0 Å². The number of anilines is 1. The van der Waals surface area contributed by atoms with Crippen LogP contribution in [0, 0.1) is 0 Å². The maximum absolute atomic E-state index is 12.7. The van der Waals surface area contributed by atoms with Crippen LogP contribution in [0.4, 0.5) is 10.5 Å². The van der Waals surface area contributed by atoms with Crippen molar-refractivity contribution >= 4 is 11.7 Å². The zero-order valence-corrected chi connectivity index (χ0v) is 15.7. The zero-order valence-electron chi connectivity index (χ0n) is 15.7. The number of hydrogen-bond acceptors (Lipinski definition) is 3. The number of hydrogen-bond donors (Lipinski definition) is 2. The Morgan fingerprint density at radius 3 is 1.93 bits per heavy atom. The Labute approximate surface area is 169 Å². The summed E-state index contributed by atoms with van der Waals surface area (Å²) >= 11 is 0. The summed E-state index contributed by atoms with van der Waals surface area (Å²) < 4.78 is 0. The number of pyridine rings is 2. The maximum atomic E-state index is 12.7. The molecule has 2 heterocycles. The Kier molecular flexibility index (Phi) is 5.58. The molecule has 29 heavy (non-hydrogen) atoms. The van der Waals surface area contributed by atoms with Crippen LogP contribution in [0.1, 0.15) is 17.2 Å². The van der Waals surface area contributed by atoms with E-state index in [2.05, 4.69) is 20.6 Å². The minimum absolute atomic E-state index is 0.249. The fourth-order valence-corrected chi connectivity index (χ4v) is 3.11. The van der Waals surface area contributed by atoms with Crippen LogP contribution in [-0.4, -0.2) is 16.0 Å². The number of nitrogens with zero attached hydrogens (tertiary/aromatic N) is 2. The first-order chi connectivity index (χ1) is 14.3. The SMILES string of the molecule is O=C(Nc1ccc(-c2ccncc2)nc1)NC(c1ccccc1)c1ccccc1. The highest BCUT2D eigenvalue weighted by molar-refractivity contribution is 5.89. The number of carbonyl (C=O) groups is 1. The molecule has 0 saturated heterocycles. The summed E-state index contributed by atoms with van der Waals surface area (Å²) in [6.07, 6.45) is 5.10. The molecule has 0 aliphatic heterocycles. The molecule has 2 N–H and O–H groups in total. The Morgan fingerprint density at radius 1 is 0.759 bits per heavy atom. The van der Waals surface area contributed by atoms with Crippen LogP contribution in [0.25, 0.3) is 11.3 Å². The summed E-state index contributed by atoms with van der Waals surface area (Å²) in [6, 6.07) is 26.8. The van der Waals surface area contributed by atoms with Crippen molar-refractivity contribution in [3.05, 3.63) is 115 Å². The molecule has 0 unspecified atom stereocenters. The average Bonchev–Trinajstić information content (AvgIpc) is 2.80. The lowest BCUT2D eigenvalue weighted by molar-refractivity contribution is 0.250. The fourth-order valence-electron chi connectivity index (χ4n) is 3.11. The first kappa shape index (κ1) is 18.4. The molecule has 4 rings (SSSR count). The summed E-state index contributed by atoms with van der Waals surface area (Å²) in [6.45, 7) is 0. The van der Waals surface area contributed by atoms with Crippen molar-refractivity contribution in [3.63, 3.8) is 0 Å². The van der Waals surface area contributed by atoms with Crippen LogP contribution in [-0.2, 0) is 0 Å². The Morgan fingerprint density at radius 2 is 1.38 bits per heavy atom. The van der Waals surface area contributed by atoms with Crippen molar-refractivity contribution in [2.75, 3.05) is 5.32 Å². The van der Waals surface area contributed by atoms with E-state index < -0.39 is 0 Å². The number of carbonyl (C=O) groups excluding carboxylic acids is 1. The third kappa shape index (κ3) is 4.65. The van der Waals surface area contributed by atoms with Gasteiger partial charge >= 0.3 is 6.03 Å². The lowest BCUT2D eigenvalue weighted by Crippen LogP contribution is -2.33. The smallest absolute Gasteiger partial charge is 0.320 e. The molecule has 2 amide bonds. The van der Waals surface area contributed by atoms with E-state index in [1.807, 2.05) is 84.9 Å². The Bertz CT molecular complexity index is 1010. The minimum Gasteiger partial charge on any atom is -0.327 e. The van der Waals surface area contributed by atoms with Gasteiger partial charge in [0, 0.05) is 18.0 Å². The van der Waals surface area contributed by atoms with Crippen LogP contribution < -0.4 is 10.6 Å². The topological polar surface area (TPSA) is 66.9 Å². The van der Waals surface area contributed by atoms with Crippen LogP contribution in [0.5, 0.6) is 0 Å². The molecular weight excluding hydrogens is 360 g/mol. The van der Waals surface area contributed by atoms with Gasteiger partial charge in [-0.05, 0) is 35.4 Å². The van der Waals surface area contributed by atoms with E-state index in [0.717, 1.165) is 22.4 Å². The molecule has 2 aromatic heterocycles. The molecule has 0 aliphatic rings. The first-order valence-electron chi connectivity index (χ1n) is 9.33. The summed E-state index contributed by atoms with van der Waals surface area (Å²) in [5.41, 5.74) is 4.45. The molecule has 0 saturated carbocycles. The first-order valence-corrected chi connectivity index (χ1v) is 9.33. The van der Waals surface area contributed by atoms with Crippen molar-refractivity contribution in [3.8, 4) is 11.3 Å². The van der Waals surface area contributed by atoms with Gasteiger partial charge in [-0.1, -0.05) is 60.7 Å². The molecule has 0 radical (unpaired) electrons. The van der Waals surface area contributed by atoms with Crippen molar-refractivity contribution in [2.24, 2.45) is 0 Å². The molecule has 4 aromatic rings. The third-order valence-corrected chi connectivity index (χ3v) is 4.54. The van der Waals surface area contributed by atoms with E-state index in [9.17, 15) is 4.79 Å². The summed E-state index contributed by atoms with van der Waals surface area (Å²) in [4.78, 5) is 21.1. The fraction of sp³-hybridized carbons (Fsp3) is 0.0417. The molecule has 0 spiro atoms. The highest BCUT2D eigenvalue weighted by Gasteiger charge is 2.16. The Hall–Kier alpha value is -3.99. The number of aromatic nitrogens is 2. The van der Waals surface area contributed by atoms with Crippen molar-refractivity contribution in [2.45, 2.75) is 6.04 Å². The molecule has 0 atom stereocenters. The lowest BCUT2D eigenvalue weighted by Gasteiger charge is -2.20. The normalized spacial score (nSPS) is 10.5. The third-order valence-electron chi connectivity index (χ3n) is 4.54. The zero-order chi connectivity index (χ0) is 19.9. The van der Waals surface area contributed by atoms with Gasteiger partial charge in [0.1, 0.15) is 0 Å². The minimum atomic E-state index is -0.291. The van der Waals surface area contributed by atoms with Crippen LogP contribution >= 0.6 is 0 Å². The second-order valence-electron chi connectivity index (χ2n) is 6.52. The standard InChI is InChI=1S/C24H20N4O/c29-24(27-21-11-12-22(26-17-21)18-13-15-25-16-14-18)28-23(19-7-3-1-4-8-19)20-9-5-2-6-10-20/h1-17,23H,(H2,27,28,29). The molecule has 0 bridgehead atoms. The van der Waals surface area contributed by atoms with Gasteiger partial charge in [0.25, 0.3) is 0 Å². The number of benzene rings is 2. The monoisotopic (exact) mass is 380 g/mol. The molecule has 142 valence electrons. The molecule has 5 nitrogen and oxygen atoms in total. The number of rotatable bonds is 5. The summed E-state index contributed by atoms with van der Waals surface area (Å²) in [5.74, 6) is 0. The van der Waals surface area contributed by atoms with Gasteiger partial charge in [0.05, 0.1) is 23.6 Å². The van der Waals surface area contributed by atoms with E-state index in [4.69, 9.17) is 0 Å². The molecular formula is C24H20N4O. The predicted octanol–water partition coefficient (Wildman–Crippen LogP) is 5.05. The highest BCUT2D eigenvalue weighted by Crippen LogP contribution is 2.22. The van der Waals surface area contributed by atoms with Gasteiger partial charge in [-0.15, -0.1) is 0 Å².